The van der Waals surface area contributed by atoms with E-state index >= 15 is 0 Å². The summed E-state index contributed by atoms with van der Waals surface area (Å²) in [6.45, 7) is 5.33. The lowest BCUT2D eigenvalue weighted by atomic mass is 9.88. The van der Waals surface area contributed by atoms with Gasteiger partial charge in [-0.05, 0) is 24.7 Å². The van der Waals surface area contributed by atoms with Crippen LogP contribution in [0.5, 0.6) is 0 Å². The quantitative estimate of drug-likeness (QED) is 0.633. The average molecular weight is 205 g/mol. The second kappa shape index (κ2) is 5.87. The maximum atomic E-state index is 6.12. The summed E-state index contributed by atoms with van der Waals surface area (Å²) in [4.78, 5) is 0. The summed E-state index contributed by atoms with van der Waals surface area (Å²) in [7, 11) is 0. The van der Waals surface area contributed by atoms with E-state index < -0.39 is 0 Å². The highest BCUT2D eigenvalue weighted by molar-refractivity contribution is 6.19. The molecule has 0 amide bonds. The Hall–Kier alpha value is 0.250. The van der Waals surface area contributed by atoms with Gasteiger partial charge in [-0.2, -0.15) is 0 Å². The first-order valence-electron chi connectivity index (χ1n) is 5.53. The van der Waals surface area contributed by atoms with Gasteiger partial charge in [0.1, 0.15) is 5.56 Å². The van der Waals surface area contributed by atoms with E-state index in [4.69, 9.17) is 16.3 Å². The molecule has 0 aliphatic carbocycles. The van der Waals surface area contributed by atoms with Crippen LogP contribution in [0.25, 0.3) is 0 Å². The Labute approximate surface area is 86.8 Å². The van der Waals surface area contributed by atoms with E-state index in [1.165, 1.54) is 32.1 Å². The van der Waals surface area contributed by atoms with E-state index in [2.05, 4.69) is 13.8 Å². The standard InChI is InChI=1S/C11H21ClO/c1-3-5-6-10-7-9(4-2)8-13-11(10)12/h9-11H,3-8H2,1-2H3. The molecule has 3 atom stereocenters. The Morgan fingerprint density at radius 3 is 2.77 bits per heavy atom. The molecule has 1 rings (SSSR count). The van der Waals surface area contributed by atoms with Gasteiger partial charge < -0.3 is 4.74 Å². The third-order valence-electron chi connectivity index (χ3n) is 3.00. The normalized spacial score (nSPS) is 34.8. The Morgan fingerprint density at radius 2 is 2.15 bits per heavy atom. The van der Waals surface area contributed by atoms with Crippen molar-refractivity contribution in [2.45, 2.75) is 51.5 Å². The molecule has 1 aliphatic heterocycles. The molecule has 0 saturated carbocycles. The van der Waals surface area contributed by atoms with E-state index in [9.17, 15) is 0 Å². The largest absolute Gasteiger partial charge is 0.362 e. The summed E-state index contributed by atoms with van der Waals surface area (Å²) < 4.78 is 5.56. The van der Waals surface area contributed by atoms with E-state index in [1.807, 2.05) is 0 Å². The third kappa shape index (κ3) is 3.47. The van der Waals surface area contributed by atoms with Crippen LogP contribution in [0.15, 0.2) is 0 Å². The van der Waals surface area contributed by atoms with Crippen LogP contribution in [0.1, 0.15) is 46.0 Å². The first-order chi connectivity index (χ1) is 6.27. The van der Waals surface area contributed by atoms with Crippen LogP contribution < -0.4 is 0 Å². The third-order valence-corrected chi connectivity index (χ3v) is 3.49. The van der Waals surface area contributed by atoms with Crippen LogP contribution in [0.3, 0.4) is 0 Å². The SMILES string of the molecule is CCCCC1CC(CC)COC1Cl. The van der Waals surface area contributed by atoms with Crippen molar-refractivity contribution < 1.29 is 4.74 Å². The lowest BCUT2D eigenvalue weighted by Crippen LogP contribution is -2.30. The fourth-order valence-corrected chi connectivity index (χ4v) is 2.27. The number of hydrogen-bond acceptors (Lipinski definition) is 1. The number of hydrogen-bond donors (Lipinski definition) is 0. The molecule has 0 aromatic heterocycles. The minimum atomic E-state index is -0.0191. The van der Waals surface area contributed by atoms with Crippen molar-refractivity contribution in [2.75, 3.05) is 6.61 Å². The molecule has 0 N–H and O–H groups in total. The fraction of sp³-hybridized carbons (Fsp3) is 1.00. The van der Waals surface area contributed by atoms with E-state index in [-0.39, 0.29) is 5.56 Å². The van der Waals surface area contributed by atoms with Crippen LogP contribution in [0.2, 0.25) is 0 Å². The molecular weight excluding hydrogens is 184 g/mol. The first-order valence-corrected chi connectivity index (χ1v) is 5.97. The zero-order chi connectivity index (χ0) is 9.68. The van der Waals surface area contributed by atoms with Crippen LogP contribution in [0, 0.1) is 11.8 Å². The van der Waals surface area contributed by atoms with Gasteiger partial charge >= 0.3 is 0 Å². The van der Waals surface area contributed by atoms with Gasteiger partial charge in [-0.15, -0.1) is 0 Å². The number of halogens is 1. The monoisotopic (exact) mass is 204 g/mol. The molecule has 0 aromatic rings. The van der Waals surface area contributed by atoms with Crippen molar-refractivity contribution in [1.29, 1.82) is 0 Å². The smallest absolute Gasteiger partial charge is 0.134 e. The van der Waals surface area contributed by atoms with Crippen LogP contribution in [0.4, 0.5) is 0 Å². The molecule has 1 aliphatic rings. The highest BCUT2D eigenvalue weighted by atomic mass is 35.5. The first kappa shape index (κ1) is 11.3. The molecule has 1 heterocycles. The maximum Gasteiger partial charge on any atom is 0.134 e. The van der Waals surface area contributed by atoms with Gasteiger partial charge in [-0.25, -0.2) is 0 Å². The zero-order valence-electron chi connectivity index (χ0n) is 8.76. The van der Waals surface area contributed by atoms with E-state index in [1.54, 1.807) is 0 Å². The van der Waals surface area contributed by atoms with Crippen LogP contribution >= 0.6 is 11.6 Å². The Bertz CT molecular complexity index is 138. The van der Waals surface area contributed by atoms with Gasteiger partial charge in [-0.3, -0.25) is 0 Å². The summed E-state index contributed by atoms with van der Waals surface area (Å²) in [5, 5.41) is 0. The summed E-state index contributed by atoms with van der Waals surface area (Å²) >= 11 is 6.12. The van der Waals surface area contributed by atoms with Gasteiger partial charge in [0, 0.05) is 0 Å². The highest BCUT2D eigenvalue weighted by Gasteiger charge is 2.28. The van der Waals surface area contributed by atoms with Crippen molar-refractivity contribution >= 4 is 11.6 Å². The minimum Gasteiger partial charge on any atom is -0.362 e. The van der Waals surface area contributed by atoms with Crippen LogP contribution in [-0.4, -0.2) is 12.2 Å². The molecule has 78 valence electrons. The molecule has 1 fully saturated rings. The maximum absolute atomic E-state index is 6.12. The molecule has 3 unspecified atom stereocenters. The highest BCUT2D eigenvalue weighted by Crippen LogP contribution is 2.32. The summed E-state index contributed by atoms with van der Waals surface area (Å²) in [5.74, 6) is 1.34. The predicted molar refractivity (Wildman–Crippen MR) is 57.0 cm³/mol. The van der Waals surface area contributed by atoms with Gasteiger partial charge in [-0.1, -0.05) is 44.7 Å². The van der Waals surface area contributed by atoms with Crippen molar-refractivity contribution in [2.24, 2.45) is 11.8 Å². The molecule has 1 nitrogen and oxygen atoms in total. The summed E-state index contributed by atoms with van der Waals surface area (Å²) in [6.07, 6.45) is 6.28. The Morgan fingerprint density at radius 1 is 1.38 bits per heavy atom. The topological polar surface area (TPSA) is 9.23 Å². The van der Waals surface area contributed by atoms with Gasteiger partial charge in [0.15, 0.2) is 0 Å². The van der Waals surface area contributed by atoms with Crippen LogP contribution in [-0.2, 0) is 4.74 Å². The number of alkyl halides is 1. The summed E-state index contributed by atoms with van der Waals surface area (Å²) in [5.41, 5.74) is -0.0191. The number of rotatable bonds is 4. The van der Waals surface area contributed by atoms with Gasteiger partial charge in [0.05, 0.1) is 6.61 Å². The molecule has 2 heteroatoms. The molecule has 0 spiro atoms. The lowest BCUT2D eigenvalue weighted by molar-refractivity contribution is -0.0152. The summed E-state index contributed by atoms with van der Waals surface area (Å²) in [6, 6.07) is 0. The second-order valence-corrected chi connectivity index (χ2v) is 4.53. The van der Waals surface area contributed by atoms with E-state index in [0.29, 0.717) is 5.92 Å². The number of unbranched alkanes of at least 4 members (excludes halogenated alkanes) is 1. The fourth-order valence-electron chi connectivity index (χ4n) is 1.97. The van der Waals surface area contributed by atoms with Gasteiger partial charge in [0.2, 0.25) is 0 Å². The molecule has 0 bridgehead atoms. The van der Waals surface area contributed by atoms with E-state index in [0.717, 1.165) is 12.5 Å². The van der Waals surface area contributed by atoms with Crippen molar-refractivity contribution in [3.05, 3.63) is 0 Å². The molecule has 0 radical (unpaired) electrons. The Kier molecular flexibility index (Phi) is 5.12. The molecule has 13 heavy (non-hydrogen) atoms. The molecule has 1 saturated heterocycles. The average Bonchev–Trinajstić information content (AvgIpc) is 2.17. The Balaban J connectivity index is 2.31. The lowest BCUT2D eigenvalue weighted by Gasteiger charge is -2.32. The van der Waals surface area contributed by atoms with Gasteiger partial charge in [0.25, 0.3) is 0 Å². The minimum absolute atomic E-state index is 0.0191. The van der Waals surface area contributed by atoms with Crippen molar-refractivity contribution in [3.8, 4) is 0 Å². The predicted octanol–water partition coefficient (Wildman–Crippen LogP) is 3.80. The van der Waals surface area contributed by atoms with Crippen molar-refractivity contribution in [1.82, 2.24) is 0 Å². The zero-order valence-corrected chi connectivity index (χ0v) is 9.52. The second-order valence-electron chi connectivity index (χ2n) is 4.10. The van der Waals surface area contributed by atoms with Crippen molar-refractivity contribution in [3.63, 3.8) is 0 Å². The molecular formula is C11H21ClO. The number of ether oxygens (including phenoxy) is 1. The molecule has 0 aromatic carbocycles.